The molecule has 2 N–H and O–H groups in total. The first-order valence-corrected chi connectivity index (χ1v) is 8.60. The molecule has 1 amide bonds. The fourth-order valence-electron chi connectivity index (χ4n) is 1.58. The molecule has 0 bridgehead atoms. The van der Waals surface area contributed by atoms with Gasteiger partial charge in [-0.3, -0.25) is 9.59 Å². The zero-order valence-corrected chi connectivity index (χ0v) is 14.2. The minimum absolute atomic E-state index is 0.265. The summed E-state index contributed by atoms with van der Waals surface area (Å²) in [5.41, 5.74) is 0. The topological polar surface area (TPSA) is 111 Å². The minimum atomic E-state index is -4.10. The number of hydrogen-bond acceptors (Lipinski definition) is 6. The Balaban J connectivity index is 2.36. The summed E-state index contributed by atoms with van der Waals surface area (Å²) in [6, 6.07) is 2.10. The van der Waals surface area contributed by atoms with E-state index in [1.165, 1.54) is 7.11 Å². The Hall–Kier alpha value is -2.11. The van der Waals surface area contributed by atoms with Crippen molar-refractivity contribution >= 4 is 21.9 Å². The van der Waals surface area contributed by atoms with Gasteiger partial charge in [0.05, 0.1) is 17.9 Å². The Morgan fingerprint density at radius 2 is 1.88 bits per heavy atom. The molecule has 1 aromatic carbocycles. The fourth-order valence-corrected chi connectivity index (χ4v) is 2.62. The summed E-state index contributed by atoms with van der Waals surface area (Å²) in [5.74, 6) is -3.80. The molecule has 8 nitrogen and oxygen atoms in total. The van der Waals surface area contributed by atoms with E-state index in [4.69, 9.17) is 4.74 Å². The lowest BCUT2D eigenvalue weighted by atomic mass is 10.3. The van der Waals surface area contributed by atoms with Crippen LogP contribution in [0.3, 0.4) is 0 Å². The van der Waals surface area contributed by atoms with Crippen LogP contribution < -0.4 is 10.0 Å². The zero-order chi connectivity index (χ0) is 18.9. The molecule has 0 saturated carbocycles. The maximum absolute atomic E-state index is 13.1. The molecule has 0 heterocycles. The van der Waals surface area contributed by atoms with Crippen molar-refractivity contribution in [1.82, 2.24) is 10.0 Å². The number of carbonyl (C=O) groups excluding carboxylic acids is 2. The Kier molecular flexibility index (Phi) is 8.38. The Morgan fingerprint density at radius 3 is 2.52 bits per heavy atom. The normalized spacial score (nSPS) is 11.2. The second kappa shape index (κ2) is 10.0. The monoisotopic (exact) mass is 380 g/mol. The number of nitrogens with one attached hydrogen (secondary N) is 2. The maximum Gasteiger partial charge on any atom is 0.307 e. The van der Waals surface area contributed by atoms with Crippen molar-refractivity contribution in [2.45, 2.75) is 11.3 Å². The summed E-state index contributed by atoms with van der Waals surface area (Å²) >= 11 is 0. The predicted octanol–water partition coefficient (Wildman–Crippen LogP) is -0.0610. The molecule has 0 fully saturated rings. The van der Waals surface area contributed by atoms with Crippen molar-refractivity contribution in [1.29, 1.82) is 0 Å². The second-order valence-corrected chi connectivity index (χ2v) is 6.49. The predicted molar refractivity (Wildman–Crippen MR) is 82.0 cm³/mol. The number of carbonyl (C=O) groups is 2. The first-order valence-electron chi connectivity index (χ1n) is 7.12. The number of halogens is 2. The van der Waals surface area contributed by atoms with Crippen LogP contribution in [0.5, 0.6) is 0 Å². The number of methoxy groups -OCH3 is 1. The molecule has 1 rings (SSSR count). The van der Waals surface area contributed by atoms with E-state index in [-0.39, 0.29) is 19.5 Å². The number of hydrogen-bond donors (Lipinski definition) is 2. The van der Waals surface area contributed by atoms with Gasteiger partial charge in [0.2, 0.25) is 10.0 Å². The number of esters is 1. The standard InChI is InChI=1S/C14H18F2N2O6S/c1-23-7-6-17-13(19)9-24-14(20)4-5-18-25(21,22)10-2-3-11(15)12(16)8-10/h2-3,8,18H,4-7,9H2,1H3,(H,17,19). The smallest absolute Gasteiger partial charge is 0.307 e. The van der Waals surface area contributed by atoms with Gasteiger partial charge in [-0.2, -0.15) is 0 Å². The van der Waals surface area contributed by atoms with E-state index < -0.39 is 45.0 Å². The van der Waals surface area contributed by atoms with Crippen LogP contribution >= 0.6 is 0 Å². The van der Waals surface area contributed by atoms with Crippen LogP contribution in [0.25, 0.3) is 0 Å². The highest BCUT2D eigenvalue weighted by molar-refractivity contribution is 7.89. The first kappa shape index (κ1) is 20.9. The molecule has 0 saturated heterocycles. The summed E-state index contributed by atoms with van der Waals surface area (Å²) in [5, 5.41) is 2.43. The largest absolute Gasteiger partial charge is 0.456 e. The molecule has 0 aliphatic carbocycles. The third-order valence-electron chi connectivity index (χ3n) is 2.82. The average molecular weight is 380 g/mol. The lowest BCUT2D eigenvalue weighted by molar-refractivity contribution is -0.148. The number of sulfonamides is 1. The van der Waals surface area contributed by atoms with Crippen LogP contribution in [0.1, 0.15) is 6.42 Å². The highest BCUT2D eigenvalue weighted by Crippen LogP contribution is 2.13. The lowest BCUT2D eigenvalue weighted by Crippen LogP contribution is -2.32. The molecule has 0 aliphatic rings. The van der Waals surface area contributed by atoms with E-state index in [0.29, 0.717) is 18.7 Å². The molecule has 140 valence electrons. The lowest BCUT2D eigenvalue weighted by Gasteiger charge is -2.08. The van der Waals surface area contributed by atoms with Gasteiger partial charge < -0.3 is 14.8 Å². The van der Waals surface area contributed by atoms with Crippen LogP contribution in [-0.2, 0) is 29.1 Å². The average Bonchev–Trinajstić information content (AvgIpc) is 2.55. The molecule has 1 aromatic rings. The summed E-state index contributed by atoms with van der Waals surface area (Å²) in [6.45, 7) is -0.254. The summed E-state index contributed by atoms with van der Waals surface area (Å²) < 4.78 is 61.0. The van der Waals surface area contributed by atoms with Crippen molar-refractivity contribution in [2.75, 3.05) is 33.4 Å². The molecule has 0 atom stereocenters. The SMILES string of the molecule is COCCNC(=O)COC(=O)CCNS(=O)(=O)c1ccc(F)c(F)c1. The van der Waals surface area contributed by atoms with Gasteiger partial charge in [0.15, 0.2) is 18.2 Å². The van der Waals surface area contributed by atoms with Crippen molar-refractivity contribution in [3.63, 3.8) is 0 Å². The fraction of sp³-hybridized carbons (Fsp3) is 0.429. The Bertz CT molecular complexity index is 711. The van der Waals surface area contributed by atoms with Crippen LogP contribution in [0.2, 0.25) is 0 Å². The third-order valence-corrected chi connectivity index (χ3v) is 4.27. The molecule has 0 aliphatic heterocycles. The summed E-state index contributed by atoms with van der Waals surface area (Å²) in [7, 11) is -2.63. The number of benzene rings is 1. The number of ether oxygens (including phenoxy) is 2. The van der Waals surface area contributed by atoms with E-state index >= 15 is 0 Å². The zero-order valence-electron chi connectivity index (χ0n) is 13.4. The summed E-state index contributed by atoms with van der Waals surface area (Å²) in [4.78, 5) is 22.2. The van der Waals surface area contributed by atoms with Gasteiger partial charge in [-0.1, -0.05) is 0 Å². The van der Waals surface area contributed by atoms with Crippen LogP contribution in [-0.4, -0.2) is 53.7 Å². The molecule has 0 aromatic heterocycles. The minimum Gasteiger partial charge on any atom is -0.456 e. The summed E-state index contributed by atoms with van der Waals surface area (Å²) in [6.07, 6.45) is -0.339. The van der Waals surface area contributed by atoms with Gasteiger partial charge in [0.1, 0.15) is 0 Å². The molecule has 0 radical (unpaired) electrons. The van der Waals surface area contributed by atoms with Gasteiger partial charge >= 0.3 is 5.97 Å². The molecule has 11 heteroatoms. The van der Waals surface area contributed by atoms with Gasteiger partial charge in [-0.15, -0.1) is 0 Å². The second-order valence-electron chi connectivity index (χ2n) is 4.73. The molecule has 0 spiro atoms. The van der Waals surface area contributed by atoms with Crippen molar-refractivity contribution < 1.29 is 36.3 Å². The van der Waals surface area contributed by atoms with E-state index in [0.717, 1.165) is 6.07 Å². The van der Waals surface area contributed by atoms with Gasteiger partial charge in [-0.05, 0) is 18.2 Å². The van der Waals surface area contributed by atoms with Crippen LogP contribution in [0.4, 0.5) is 8.78 Å². The van der Waals surface area contributed by atoms with Crippen molar-refractivity contribution in [3.05, 3.63) is 29.8 Å². The number of amides is 1. The van der Waals surface area contributed by atoms with E-state index in [1.807, 2.05) is 4.72 Å². The molecule has 0 unspecified atom stereocenters. The number of rotatable bonds is 10. The Morgan fingerprint density at radius 1 is 1.16 bits per heavy atom. The van der Waals surface area contributed by atoms with Gasteiger partial charge in [0.25, 0.3) is 5.91 Å². The van der Waals surface area contributed by atoms with Crippen LogP contribution in [0, 0.1) is 11.6 Å². The first-order chi connectivity index (χ1) is 11.8. The van der Waals surface area contributed by atoms with Gasteiger partial charge in [-0.25, -0.2) is 21.9 Å². The molecule has 25 heavy (non-hydrogen) atoms. The quantitative estimate of drug-likeness (QED) is 0.435. The van der Waals surface area contributed by atoms with Gasteiger partial charge in [0, 0.05) is 20.2 Å². The Labute approximate surface area is 143 Å². The highest BCUT2D eigenvalue weighted by atomic mass is 32.2. The molecular weight excluding hydrogens is 362 g/mol. The molecular formula is C14H18F2N2O6S. The van der Waals surface area contributed by atoms with Crippen molar-refractivity contribution in [2.24, 2.45) is 0 Å². The van der Waals surface area contributed by atoms with E-state index in [9.17, 15) is 26.8 Å². The third kappa shape index (κ3) is 7.54. The van der Waals surface area contributed by atoms with E-state index in [1.54, 1.807) is 0 Å². The van der Waals surface area contributed by atoms with Crippen molar-refractivity contribution in [3.8, 4) is 0 Å². The maximum atomic E-state index is 13.1. The van der Waals surface area contributed by atoms with E-state index in [2.05, 4.69) is 10.1 Å². The highest BCUT2D eigenvalue weighted by Gasteiger charge is 2.17. The van der Waals surface area contributed by atoms with Crippen LogP contribution in [0.15, 0.2) is 23.1 Å².